The lowest BCUT2D eigenvalue weighted by Crippen LogP contribution is -2.32. The smallest absolute Gasteiger partial charge is 0.320 e. The first-order chi connectivity index (χ1) is 11.3. The Bertz CT molecular complexity index is 622. The molecule has 0 heterocycles. The molecule has 4 N–H and O–H groups in total. The van der Waals surface area contributed by atoms with Crippen LogP contribution in [0.5, 0.6) is 0 Å². The van der Waals surface area contributed by atoms with Crippen molar-refractivity contribution in [1.29, 1.82) is 0 Å². The van der Waals surface area contributed by atoms with Gasteiger partial charge in [-0.15, -0.1) is 0 Å². The van der Waals surface area contributed by atoms with Crippen molar-refractivity contribution >= 4 is 44.3 Å². The first kappa shape index (κ1) is 21.2. The van der Waals surface area contributed by atoms with Crippen molar-refractivity contribution in [1.82, 2.24) is 0 Å². The van der Waals surface area contributed by atoms with E-state index in [1.54, 1.807) is 24.3 Å². The number of nitrogens with one attached hydrogen (secondary N) is 1. The van der Waals surface area contributed by atoms with E-state index in [9.17, 15) is 13.2 Å². The molecule has 0 bridgehead atoms. The number of carboxylic acid groups (broad SMARTS) is 1. The Morgan fingerprint density at radius 1 is 1.21 bits per heavy atom. The normalized spacial score (nSPS) is 12.8. The molecule has 0 saturated heterocycles. The van der Waals surface area contributed by atoms with Crippen molar-refractivity contribution in [2.45, 2.75) is 44.6 Å². The van der Waals surface area contributed by atoms with Gasteiger partial charge < -0.3 is 10.8 Å². The summed E-state index contributed by atoms with van der Waals surface area (Å²) >= 11 is 2.34. The second kappa shape index (κ2) is 10.9. The van der Waals surface area contributed by atoms with Crippen molar-refractivity contribution in [3.05, 3.63) is 29.8 Å². The molecule has 0 amide bonds. The van der Waals surface area contributed by atoms with Crippen LogP contribution in [0.1, 0.15) is 37.7 Å². The number of hydrogen-bond acceptors (Lipinski definition) is 4. The molecule has 0 aliphatic carbocycles. The summed E-state index contributed by atoms with van der Waals surface area (Å²) in [5.74, 6) is -0.987. The number of carbonyl (C=O) groups is 1. The highest BCUT2D eigenvalue weighted by atomic mass is 127. The third-order valence-corrected chi connectivity index (χ3v) is 5.66. The van der Waals surface area contributed by atoms with E-state index in [1.165, 1.54) is 6.42 Å². The van der Waals surface area contributed by atoms with Crippen LogP contribution in [-0.2, 0) is 21.2 Å². The molecule has 1 unspecified atom stereocenters. The van der Waals surface area contributed by atoms with Gasteiger partial charge in [0.05, 0.1) is 5.75 Å². The minimum atomic E-state index is -3.39. The van der Waals surface area contributed by atoms with Crippen molar-refractivity contribution in [3.63, 3.8) is 0 Å². The third kappa shape index (κ3) is 8.84. The number of nitrogens with two attached hydrogens (primary N) is 1. The summed E-state index contributed by atoms with van der Waals surface area (Å²) in [6.07, 6.45) is 5.08. The molecule has 0 aliphatic heterocycles. The number of unbranched alkanes of at least 4 members (excludes halogenated alkanes) is 4. The molecule has 0 aromatic heterocycles. The van der Waals surface area contributed by atoms with Gasteiger partial charge in [0.25, 0.3) is 0 Å². The fourth-order valence-corrected chi connectivity index (χ4v) is 3.96. The number of aliphatic carboxylic acids is 1. The largest absolute Gasteiger partial charge is 0.480 e. The van der Waals surface area contributed by atoms with E-state index in [0.717, 1.165) is 23.7 Å². The Labute approximate surface area is 157 Å². The number of carboxylic acids is 1. The molecule has 0 aliphatic rings. The summed E-state index contributed by atoms with van der Waals surface area (Å²) in [6, 6.07) is 5.69. The van der Waals surface area contributed by atoms with Gasteiger partial charge in [0.1, 0.15) is 6.04 Å². The number of rotatable bonds is 12. The molecule has 8 heteroatoms. The van der Waals surface area contributed by atoms with Gasteiger partial charge in [-0.25, -0.2) is 8.42 Å². The van der Waals surface area contributed by atoms with Crippen LogP contribution in [0.2, 0.25) is 0 Å². The second-order valence-electron chi connectivity index (χ2n) is 5.73. The van der Waals surface area contributed by atoms with Gasteiger partial charge in [-0.2, -0.15) is 0 Å². The molecular formula is C16H25IN2O4S. The van der Waals surface area contributed by atoms with E-state index in [0.29, 0.717) is 17.7 Å². The van der Waals surface area contributed by atoms with E-state index in [2.05, 4.69) is 27.3 Å². The highest BCUT2D eigenvalue weighted by Crippen LogP contribution is 2.15. The standard InChI is InChI=1S/C16H25IN2O4S/c17-9-4-2-1-3-5-10-24(22,23)19-14-8-6-7-13(11-14)12-15(18)16(20)21/h6-8,11,15,19H,1-5,9-10,12,18H2,(H,20,21). The summed E-state index contributed by atoms with van der Waals surface area (Å²) in [5, 5.41) is 8.84. The average molecular weight is 468 g/mol. The maximum absolute atomic E-state index is 12.1. The number of benzene rings is 1. The van der Waals surface area contributed by atoms with Crippen LogP contribution >= 0.6 is 22.6 Å². The predicted molar refractivity (Wildman–Crippen MR) is 105 cm³/mol. The molecular weight excluding hydrogens is 443 g/mol. The third-order valence-electron chi connectivity index (χ3n) is 3.52. The van der Waals surface area contributed by atoms with Crippen LogP contribution < -0.4 is 10.5 Å². The molecule has 1 aromatic carbocycles. The molecule has 6 nitrogen and oxygen atoms in total. The molecule has 136 valence electrons. The molecule has 0 saturated carbocycles. The zero-order chi connectivity index (χ0) is 18.0. The Morgan fingerprint density at radius 2 is 1.88 bits per heavy atom. The summed E-state index contributed by atoms with van der Waals surface area (Å²) < 4.78 is 27.9. The zero-order valence-electron chi connectivity index (χ0n) is 13.6. The summed E-state index contributed by atoms with van der Waals surface area (Å²) in [7, 11) is -3.39. The summed E-state index contributed by atoms with van der Waals surface area (Å²) in [5.41, 5.74) is 6.63. The first-order valence-electron chi connectivity index (χ1n) is 7.98. The van der Waals surface area contributed by atoms with Gasteiger partial charge in [-0.1, -0.05) is 54.0 Å². The van der Waals surface area contributed by atoms with Crippen LogP contribution in [-0.4, -0.2) is 35.7 Å². The maximum atomic E-state index is 12.1. The quantitative estimate of drug-likeness (QED) is 0.248. The molecule has 0 fully saturated rings. The second-order valence-corrected chi connectivity index (χ2v) is 8.65. The van der Waals surface area contributed by atoms with Gasteiger partial charge in [0, 0.05) is 5.69 Å². The molecule has 24 heavy (non-hydrogen) atoms. The minimum absolute atomic E-state index is 0.0934. The van der Waals surface area contributed by atoms with Crippen molar-refractivity contribution in [2.75, 3.05) is 14.9 Å². The zero-order valence-corrected chi connectivity index (χ0v) is 16.6. The Balaban J connectivity index is 2.50. The lowest BCUT2D eigenvalue weighted by atomic mass is 10.1. The van der Waals surface area contributed by atoms with Crippen LogP contribution in [0.4, 0.5) is 5.69 Å². The van der Waals surface area contributed by atoms with E-state index in [1.807, 2.05) is 0 Å². The molecule has 1 atom stereocenters. The van der Waals surface area contributed by atoms with Gasteiger partial charge >= 0.3 is 5.97 Å². The Hall–Kier alpha value is -0.870. The van der Waals surface area contributed by atoms with Crippen molar-refractivity contribution in [2.24, 2.45) is 5.73 Å². The molecule has 1 aromatic rings. The highest BCUT2D eigenvalue weighted by molar-refractivity contribution is 14.1. The van der Waals surface area contributed by atoms with Crippen molar-refractivity contribution < 1.29 is 18.3 Å². The Morgan fingerprint density at radius 3 is 2.54 bits per heavy atom. The molecule has 0 radical (unpaired) electrons. The first-order valence-corrected chi connectivity index (χ1v) is 11.2. The predicted octanol–water partition coefficient (Wildman–Crippen LogP) is 2.77. The average Bonchev–Trinajstić information content (AvgIpc) is 2.50. The SMILES string of the molecule is NC(Cc1cccc(NS(=O)(=O)CCCCCCCI)c1)C(=O)O. The number of hydrogen-bond donors (Lipinski definition) is 3. The van der Waals surface area contributed by atoms with E-state index in [-0.39, 0.29) is 12.2 Å². The number of alkyl halides is 1. The fraction of sp³-hybridized carbons (Fsp3) is 0.562. The van der Waals surface area contributed by atoms with Crippen LogP contribution in [0.15, 0.2) is 24.3 Å². The topological polar surface area (TPSA) is 109 Å². The lowest BCUT2D eigenvalue weighted by Gasteiger charge is -2.11. The lowest BCUT2D eigenvalue weighted by molar-refractivity contribution is -0.138. The summed E-state index contributed by atoms with van der Waals surface area (Å²) in [6.45, 7) is 0. The van der Waals surface area contributed by atoms with Gasteiger partial charge in [0.2, 0.25) is 10.0 Å². The maximum Gasteiger partial charge on any atom is 0.320 e. The monoisotopic (exact) mass is 468 g/mol. The number of sulfonamides is 1. The van der Waals surface area contributed by atoms with Crippen LogP contribution in [0.3, 0.4) is 0 Å². The number of halogens is 1. The van der Waals surface area contributed by atoms with Crippen LogP contribution in [0.25, 0.3) is 0 Å². The highest BCUT2D eigenvalue weighted by Gasteiger charge is 2.14. The Kier molecular flexibility index (Phi) is 9.60. The van der Waals surface area contributed by atoms with Gasteiger partial charge in [0.15, 0.2) is 0 Å². The van der Waals surface area contributed by atoms with Crippen LogP contribution in [0, 0.1) is 0 Å². The fourth-order valence-electron chi connectivity index (χ4n) is 2.25. The van der Waals surface area contributed by atoms with E-state index < -0.39 is 22.0 Å². The van der Waals surface area contributed by atoms with E-state index >= 15 is 0 Å². The van der Waals surface area contributed by atoms with Gasteiger partial charge in [-0.3, -0.25) is 9.52 Å². The summed E-state index contributed by atoms with van der Waals surface area (Å²) in [4.78, 5) is 10.8. The molecule has 1 rings (SSSR count). The van der Waals surface area contributed by atoms with E-state index in [4.69, 9.17) is 10.8 Å². The minimum Gasteiger partial charge on any atom is -0.480 e. The molecule has 0 spiro atoms. The van der Waals surface area contributed by atoms with Gasteiger partial charge in [-0.05, 0) is 41.4 Å². The number of anilines is 1. The van der Waals surface area contributed by atoms with Crippen molar-refractivity contribution in [3.8, 4) is 0 Å².